The topological polar surface area (TPSA) is 45.6 Å². The maximum atomic E-state index is 9.87. The number of aliphatic hydroxyl groups excluding tert-OH is 1. The molecule has 1 heterocycles. The molecule has 1 aromatic heterocycles. The second-order valence-electron chi connectivity index (χ2n) is 4.33. The standard InChI is InChI=1S/C12H20N2O2S/c1-3-16-8-7-14(2)12-13-11-9(15)5-4-6-10(11)17-12/h9,15H,3-8H2,1-2H3. The number of thiazole rings is 1. The van der Waals surface area contributed by atoms with Gasteiger partial charge in [0.05, 0.1) is 18.4 Å². The number of ether oxygens (including phenoxy) is 1. The summed E-state index contributed by atoms with van der Waals surface area (Å²) in [5.41, 5.74) is 0.902. The summed E-state index contributed by atoms with van der Waals surface area (Å²) in [5, 5.41) is 10.9. The highest BCUT2D eigenvalue weighted by Gasteiger charge is 2.23. The van der Waals surface area contributed by atoms with E-state index in [1.165, 1.54) is 4.88 Å². The normalized spacial score (nSPS) is 19.1. The fraction of sp³-hybridized carbons (Fsp3) is 0.750. The third-order valence-electron chi connectivity index (χ3n) is 3.02. The van der Waals surface area contributed by atoms with Crippen LogP contribution in [0, 0.1) is 0 Å². The van der Waals surface area contributed by atoms with E-state index in [4.69, 9.17) is 4.74 Å². The van der Waals surface area contributed by atoms with E-state index >= 15 is 0 Å². The van der Waals surface area contributed by atoms with Crippen LogP contribution < -0.4 is 4.90 Å². The second-order valence-corrected chi connectivity index (χ2v) is 5.39. The van der Waals surface area contributed by atoms with Crippen molar-refractivity contribution in [1.82, 2.24) is 4.98 Å². The summed E-state index contributed by atoms with van der Waals surface area (Å²) in [6.07, 6.45) is 2.62. The lowest BCUT2D eigenvalue weighted by atomic mass is 10.0. The number of aryl methyl sites for hydroxylation is 1. The molecule has 0 saturated heterocycles. The fourth-order valence-corrected chi connectivity index (χ4v) is 3.13. The predicted molar refractivity (Wildman–Crippen MR) is 69.8 cm³/mol. The summed E-state index contributed by atoms with van der Waals surface area (Å²) in [5.74, 6) is 0. The molecule has 1 N–H and O–H groups in total. The summed E-state index contributed by atoms with van der Waals surface area (Å²) < 4.78 is 5.33. The van der Waals surface area contributed by atoms with Gasteiger partial charge in [-0.3, -0.25) is 0 Å². The summed E-state index contributed by atoms with van der Waals surface area (Å²) in [7, 11) is 2.02. The van der Waals surface area contributed by atoms with Gasteiger partial charge >= 0.3 is 0 Å². The summed E-state index contributed by atoms with van der Waals surface area (Å²) >= 11 is 1.70. The number of aliphatic hydroxyl groups is 1. The highest BCUT2D eigenvalue weighted by molar-refractivity contribution is 7.15. The summed E-state index contributed by atoms with van der Waals surface area (Å²) in [6, 6.07) is 0. The van der Waals surface area contributed by atoms with Gasteiger partial charge in [-0.2, -0.15) is 0 Å². The average molecular weight is 256 g/mol. The van der Waals surface area contributed by atoms with Crippen LogP contribution in [-0.4, -0.2) is 36.9 Å². The highest BCUT2D eigenvalue weighted by Crippen LogP contribution is 2.36. The number of anilines is 1. The van der Waals surface area contributed by atoms with Crippen molar-refractivity contribution < 1.29 is 9.84 Å². The van der Waals surface area contributed by atoms with Crippen molar-refractivity contribution in [2.24, 2.45) is 0 Å². The SMILES string of the molecule is CCOCCN(C)c1nc2c(s1)CCCC2O. The number of aromatic nitrogens is 1. The van der Waals surface area contributed by atoms with Gasteiger partial charge in [0.1, 0.15) is 0 Å². The van der Waals surface area contributed by atoms with Crippen LogP contribution in [0.2, 0.25) is 0 Å². The van der Waals surface area contributed by atoms with Gasteiger partial charge in [0.15, 0.2) is 5.13 Å². The Bertz CT molecular complexity index is 367. The van der Waals surface area contributed by atoms with Crippen LogP contribution in [0.1, 0.15) is 36.4 Å². The molecule has 0 saturated carbocycles. The van der Waals surface area contributed by atoms with E-state index in [-0.39, 0.29) is 6.10 Å². The molecule has 0 aliphatic heterocycles. The molecule has 1 aromatic rings. The monoisotopic (exact) mass is 256 g/mol. The van der Waals surface area contributed by atoms with E-state index < -0.39 is 0 Å². The molecule has 1 unspecified atom stereocenters. The first-order valence-electron chi connectivity index (χ1n) is 6.19. The second kappa shape index (κ2) is 5.80. The Labute approximate surface area is 106 Å². The molecular formula is C12H20N2O2S. The quantitative estimate of drug-likeness (QED) is 0.818. The molecule has 1 atom stereocenters. The lowest BCUT2D eigenvalue weighted by molar-refractivity contribution is 0.152. The number of rotatable bonds is 5. The smallest absolute Gasteiger partial charge is 0.185 e. The van der Waals surface area contributed by atoms with Crippen molar-refractivity contribution in [3.8, 4) is 0 Å². The molecule has 2 rings (SSSR count). The Morgan fingerprint density at radius 1 is 1.59 bits per heavy atom. The van der Waals surface area contributed by atoms with E-state index in [1.54, 1.807) is 11.3 Å². The van der Waals surface area contributed by atoms with Gasteiger partial charge in [-0.1, -0.05) is 0 Å². The minimum absolute atomic E-state index is 0.357. The zero-order valence-electron chi connectivity index (χ0n) is 10.5. The maximum Gasteiger partial charge on any atom is 0.185 e. The van der Waals surface area contributed by atoms with Crippen LogP contribution in [0.25, 0.3) is 0 Å². The molecule has 0 bridgehead atoms. The van der Waals surface area contributed by atoms with Crippen LogP contribution in [0.5, 0.6) is 0 Å². The number of hydrogen-bond donors (Lipinski definition) is 1. The molecular weight excluding hydrogens is 236 g/mol. The Morgan fingerprint density at radius 2 is 2.41 bits per heavy atom. The third kappa shape index (κ3) is 2.97. The first-order valence-corrected chi connectivity index (χ1v) is 7.00. The van der Waals surface area contributed by atoms with Gasteiger partial charge in [-0.05, 0) is 26.2 Å². The van der Waals surface area contributed by atoms with E-state index in [1.807, 2.05) is 14.0 Å². The lowest BCUT2D eigenvalue weighted by Crippen LogP contribution is -2.22. The number of hydrogen-bond acceptors (Lipinski definition) is 5. The number of nitrogens with zero attached hydrogens (tertiary/aromatic N) is 2. The minimum Gasteiger partial charge on any atom is -0.387 e. The highest BCUT2D eigenvalue weighted by atomic mass is 32.1. The van der Waals surface area contributed by atoms with E-state index in [9.17, 15) is 5.11 Å². The minimum atomic E-state index is -0.357. The van der Waals surface area contributed by atoms with Crippen LogP contribution in [0.4, 0.5) is 5.13 Å². The van der Waals surface area contributed by atoms with Crippen molar-refractivity contribution in [2.45, 2.75) is 32.3 Å². The largest absolute Gasteiger partial charge is 0.387 e. The molecule has 0 fully saturated rings. The molecule has 1 aliphatic rings. The Balaban J connectivity index is 2.01. The van der Waals surface area contributed by atoms with Crippen LogP contribution in [0.15, 0.2) is 0 Å². The first kappa shape index (κ1) is 12.8. The Hall–Kier alpha value is -0.650. The first-order chi connectivity index (χ1) is 8.22. The molecule has 96 valence electrons. The van der Waals surface area contributed by atoms with Crippen LogP contribution in [0.3, 0.4) is 0 Å². The third-order valence-corrected chi connectivity index (χ3v) is 4.26. The molecule has 0 amide bonds. The zero-order chi connectivity index (χ0) is 12.3. The van der Waals surface area contributed by atoms with E-state index in [2.05, 4.69) is 9.88 Å². The molecule has 4 nitrogen and oxygen atoms in total. The van der Waals surface area contributed by atoms with Gasteiger partial charge in [-0.15, -0.1) is 11.3 Å². The Morgan fingerprint density at radius 3 is 3.12 bits per heavy atom. The molecule has 17 heavy (non-hydrogen) atoms. The Kier molecular flexibility index (Phi) is 4.36. The average Bonchev–Trinajstić information content (AvgIpc) is 2.75. The van der Waals surface area contributed by atoms with E-state index in [0.717, 1.165) is 49.8 Å². The van der Waals surface area contributed by atoms with Crippen molar-refractivity contribution in [1.29, 1.82) is 0 Å². The number of likely N-dealkylation sites (N-methyl/N-ethyl adjacent to an activating group) is 1. The molecule has 0 aromatic carbocycles. The van der Waals surface area contributed by atoms with Gasteiger partial charge in [0.2, 0.25) is 0 Å². The van der Waals surface area contributed by atoms with Crippen molar-refractivity contribution in [2.75, 3.05) is 31.7 Å². The van der Waals surface area contributed by atoms with Gasteiger partial charge in [-0.25, -0.2) is 4.98 Å². The molecule has 0 radical (unpaired) electrons. The van der Waals surface area contributed by atoms with Crippen LogP contribution >= 0.6 is 11.3 Å². The summed E-state index contributed by atoms with van der Waals surface area (Å²) in [6.45, 7) is 4.31. The van der Waals surface area contributed by atoms with Crippen molar-refractivity contribution in [3.05, 3.63) is 10.6 Å². The van der Waals surface area contributed by atoms with Gasteiger partial charge < -0.3 is 14.7 Å². The van der Waals surface area contributed by atoms with Gasteiger partial charge in [0.25, 0.3) is 0 Å². The number of fused-ring (bicyclic) bond motifs is 1. The molecule has 5 heteroatoms. The molecule has 1 aliphatic carbocycles. The van der Waals surface area contributed by atoms with Crippen LogP contribution in [-0.2, 0) is 11.2 Å². The maximum absolute atomic E-state index is 9.87. The van der Waals surface area contributed by atoms with Gasteiger partial charge in [0, 0.05) is 25.1 Å². The zero-order valence-corrected chi connectivity index (χ0v) is 11.3. The fourth-order valence-electron chi connectivity index (χ4n) is 1.99. The predicted octanol–water partition coefficient (Wildman–Crippen LogP) is 1.99. The lowest BCUT2D eigenvalue weighted by Gasteiger charge is -2.15. The van der Waals surface area contributed by atoms with Crippen molar-refractivity contribution >= 4 is 16.5 Å². The van der Waals surface area contributed by atoms with E-state index in [0.29, 0.717) is 0 Å². The molecule has 0 spiro atoms. The van der Waals surface area contributed by atoms with Crippen molar-refractivity contribution in [3.63, 3.8) is 0 Å². The summed E-state index contributed by atoms with van der Waals surface area (Å²) in [4.78, 5) is 7.90.